The van der Waals surface area contributed by atoms with E-state index in [4.69, 9.17) is 0 Å². The van der Waals surface area contributed by atoms with Crippen molar-refractivity contribution in [3.8, 4) is 11.1 Å². The van der Waals surface area contributed by atoms with E-state index in [9.17, 15) is 4.39 Å². The van der Waals surface area contributed by atoms with E-state index in [-0.39, 0.29) is 0 Å². The minimum Gasteiger partial charge on any atom is -0.216 e. The van der Waals surface area contributed by atoms with Gasteiger partial charge in [0.25, 0.3) is 0 Å². The van der Waals surface area contributed by atoms with Gasteiger partial charge < -0.3 is 0 Å². The molecule has 0 aliphatic heterocycles. The molecule has 1 saturated carbocycles. The molecule has 144 valence electrons. The smallest absolute Gasteiger partial charge is 0.0829 e. The normalized spacial score (nSPS) is 20.2. The minimum absolute atomic E-state index is 0.436. The zero-order valence-electron chi connectivity index (χ0n) is 16.7. The number of rotatable bonds is 8. The van der Waals surface area contributed by atoms with Crippen LogP contribution in [0.3, 0.4) is 0 Å². The van der Waals surface area contributed by atoms with Crippen LogP contribution < -0.4 is 0 Å². The third-order valence-electron chi connectivity index (χ3n) is 6.11. The number of unbranched alkanes of at least 4 members (excludes halogenated alkanes) is 3. The maximum absolute atomic E-state index is 12.3. The molecule has 2 aromatic carbocycles. The second kappa shape index (κ2) is 10.4. The molecule has 0 unspecified atom stereocenters. The first-order chi connectivity index (χ1) is 13.3. The van der Waals surface area contributed by atoms with Gasteiger partial charge in [-0.2, -0.15) is 0 Å². The highest BCUT2D eigenvalue weighted by atomic mass is 19.1. The molecule has 0 N–H and O–H groups in total. The number of halogens is 1. The second-order valence-corrected chi connectivity index (χ2v) is 8.06. The Morgan fingerprint density at radius 1 is 0.815 bits per heavy atom. The summed E-state index contributed by atoms with van der Waals surface area (Å²) in [5.41, 5.74) is 5.49. The van der Waals surface area contributed by atoms with Gasteiger partial charge in [0.15, 0.2) is 0 Å². The summed E-state index contributed by atoms with van der Waals surface area (Å²) in [4.78, 5) is 0. The Morgan fingerprint density at radius 3 is 2.04 bits per heavy atom. The van der Waals surface area contributed by atoms with Crippen LogP contribution in [0.25, 0.3) is 11.1 Å². The van der Waals surface area contributed by atoms with Crippen molar-refractivity contribution in [3.63, 3.8) is 0 Å². The van der Waals surface area contributed by atoms with Gasteiger partial charge in [-0.1, -0.05) is 80.8 Å². The number of hydrogen-bond donors (Lipinski definition) is 0. The minimum atomic E-state index is 0.436. The average molecular weight is 365 g/mol. The van der Waals surface area contributed by atoms with Gasteiger partial charge in [0, 0.05) is 0 Å². The molecule has 1 aliphatic carbocycles. The molecule has 0 aromatic heterocycles. The largest absolute Gasteiger partial charge is 0.216 e. The zero-order valence-corrected chi connectivity index (χ0v) is 16.7. The molecule has 0 spiro atoms. The monoisotopic (exact) mass is 364 g/mol. The van der Waals surface area contributed by atoms with Crippen molar-refractivity contribution in [2.75, 3.05) is 0 Å². The predicted octanol–water partition coefficient (Wildman–Crippen LogP) is 8.23. The lowest BCUT2D eigenvalue weighted by atomic mass is 9.78. The molecule has 1 heteroatoms. The average Bonchev–Trinajstić information content (AvgIpc) is 2.73. The Morgan fingerprint density at radius 2 is 1.44 bits per heavy atom. The topological polar surface area (TPSA) is 0 Å². The van der Waals surface area contributed by atoms with Crippen LogP contribution in [0.2, 0.25) is 0 Å². The van der Waals surface area contributed by atoms with Crippen LogP contribution in [0, 0.1) is 5.92 Å². The van der Waals surface area contributed by atoms with E-state index in [1.54, 1.807) is 6.08 Å². The molecule has 1 fully saturated rings. The Bertz CT molecular complexity index is 688. The maximum atomic E-state index is 12.3. The molecule has 0 bridgehead atoms. The van der Waals surface area contributed by atoms with Crippen molar-refractivity contribution in [3.05, 3.63) is 72.1 Å². The van der Waals surface area contributed by atoms with E-state index in [2.05, 4.69) is 55.5 Å². The Kier molecular flexibility index (Phi) is 7.68. The first kappa shape index (κ1) is 19.9. The van der Waals surface area contributed by atoms with Gasteiger partial charge in [-0.05, 0) is 72.6 Å². The molecule has 0 heterocycles. The molecule has 0 saturated heterocycles. The van der Waals surface area contributed by atoms with Gasteiger partial charge in [0.05, 0.1) is 6.33 Å². The summed E-state index contributed by atoms with van der Waals surface area (Å²) < 4.78 is 12.3. The molecule has 0 atom stereocenters. The van der Waals surface area contributed by atoms with Crippen molar-refractivity contribution in [1.29, 1.82) is 0 Å². The maximum Gasteiger partial charge on any atom is 0.0829 e. The van der Waals surface area contributed by atoms with Gasteiger partial charge >= 0.3 is 0 Å². The van der Waals surface area contributed by atoms with Crippen LogP contribution in [-0.4, -0.2) is 0 Å². The van der Waals surface area contributed by atoms with E-state index in [1.807, 2.05) is 0 Å². The van der Waals surface area contributed by atoms with E-state index in [1.165, 1.54) is 67.2 Å². The molecule has 2 aromatic rings. The number of benzene rings is 2. The van der Waals surface area contributed by atoms with Crippen LogP contribution in [0.1, 0.15) is 75.3 Å². The summed E-state index contributed by atoms with van der Waals surface area (Å²) in [7, 11) is 0. The lowest BCUT2D eigenvalue weighted by Gasteiger charge is -2.27. The highest BCUT2D eigenvalue weighted by Gasteiger charge is 2.20. The molecular weight excluding hydrogens is 331 g/mol. The van der Waals surface area contributed by atoms with Crippen molar-refractivity contribution in [1.82, 2.24) is 0 Å². The van der Waals surface area contributed by atoms with Crippen LogP contribution in [0.15, 0.2) is 60.9 Å². The highest BCUT2D eigenvalue weighted by Crippen LogP contribution is 2.37. The van der Waals surface area contributed by atoms with Crippen molar-refractivity contribution in [2.24, 2.45) is 5.92 Å². The van der Waals surface area contributed by atoms with Crippen molar-refractivity contribution < 1.29 is 4.39 Å². The first-order valence-electron chi connectivity index (χ1n) is 10.8. The number of allylic oxidation sites excluding steroid dienone is 1. The summed E-state index contributed by atoms with van der Waals surface area (Å²) in [5, 5.41) is 0. The van der Waals surface area contributed by atoms with Gasteiger partial charge in [0.1, 0.15) is 0 Å². The van der Waals surface area contributed by atoms with Gasteiger partial charge in [-0.3, -0.25) is 0 Å². The lowest BCUT2D eigenvalue weighted by Crippen LogP contribution is -2.11. The molecule has 0 nitrogen and oxygen atoms in total. The summed E-state index contributed by atoms with van der Waals surface area (Å²) in [5.74, 6) is 1.07. The van der Waals surface area contributed by atoms with Gasteiger partial charge in [-0.15, -0.1) is 0 Å². The third kappa shape index (κ3) is 5.79. The third-order valence-corrected chi connectivity index (χ3v) is 6.11. The Balaban J connectivity index is 1.55. The Hall–Kier alpha value is -1.89. The fourth-order valence-corrected chi connectivity index (χ4v) is 4.32. The fourth-order valence-electron chi connectivity index (χ4n) is 4.32. The van der Waals surface area contributed by atoms with Crippen LogP contribution in [0.4, 0.5) is 4.39 Å². The number of aryl methyl sites for hydroxylation is 1. The quantitative estimate of drug-likeness (QED) is 0.414. The molecule has 27 heavy (non-hydrogen) atoms. The van der Waals surface area contributed by atoms with Crippen LogP contribution >= 0.6 is 0 Å². The highest BCUT2D eigenvalue weighted by molar-refractivity contribution is 5.64. The van der Waals surface area contributed by atoms with E-state index >= 15 is 0 Å². The standard InChI is InChI=1S/C26H33F/c1-2-3-4-5-6-21-7-11-23(12-8-21)25-15-17-26(18-16-25)24-13-9-22(10-14-24)19-20-27/h7-8,11-12,15-20,22,24H,2-6,9-10,13-14H2,1H3/t22-,24-. The number of hydrogen-bond acceptors (Lipinski definition) is 0. The summed E-state index contributed by atoms with van der Waals surface area (Å²) in [6.07, 6.45) is 13.5. The molecular formula is C26H33F. The van der Waals surface area contributed by atoms with Crippen LogP contribution in [0.5, 0.6) is 0 Å². The van der Waals surface area contributed by atoms with Gasteiger partial charge in [0.2, 0.25) is 0 Å². The molecule has 0 radical (unpaired) electrons. The molecule has 3 rings (SSSR count). The van der Waals surface area contributed by atoms with E-state index in [0.717, 1.165) is 19.2 Å². The lowest BCUT2D eigenvalue weighted by molar-refractivity contribution is 0.373. The van der Waals surface area contributed by atoms with Crippen molar-refractivity contribution in [2.45, 2.75) is 70.6 Å². The zero-order chi connectivity index (χ0) is 18.9. The van der Waals surface area contributed by atoms with Crippen molar-refractivity contribution >= 4 is 0 Å². The summed E-state index contributed by atoms with van der Waals surface area (Å²) >= 11 is 0. The van der Waals surface area contributed by atoms with E-state index in [0.29, 0.717) is 11.8 Å². The molecule has 0 amide bonds. The first-order valence-corrected chi connectivity index (χ1v) is 10.8. The second-order valence-electron chi connectivity index (χ2n) is 8.06. The van der Waals surface area contributed by atoms with Gasteiger partial charge in [-0.25, -0.2) is 4.39 Å². The summed E-state index contributed by atoms with van der Waals surface area (Å²) in [6.45, 7) is 2.26. The fraction of sp³-hybridized carbons (Fsp3) is 0.462. The summed E-state index contributed by atoms with van der Waals surface area (Å²) in [6, 6.07) is 18.2. The molecule has 1 aliphatic rings. The van der Waals surface area contributed by atoms with E-state index < -0.39 is 0 Å². The predicted molar refractivity (Wildman–Crippen MR) is 115 cm³/mol. The SMILES string of the molecule is CCCCCCc1ccc(-c2ccc([C@H]3CC[C@H](C=CF)CC3)cc2)cc1. The Labute approximate surface area is 164 Å². The van der Waals surface area contributed by atoms with Crippen LogP contribution in [-0.2, 0) is 6.42 Å².